The average Bonchev–Trinajstić information content (AvgIpc) is 2.26. The molecule has 0 saturated carbocycles. The van der Waals surface area contributed by atoms with E-state index in [2.05, 4.69) is 17.2 Å². The third-order valence-corrected chi connectivity index (χ3v) is 2.51. The minimum atomic E-state index is 0.360. The molecule has 0 aliphatic rings. The number of anilines is 1. The van der Waals surface area contributed by atoms with Gasteiger partial charge in [-0.3, -0.25) is 0 Å². The molecule has 0 bridgehead atoms. The fraction of sp³-hybridized carbons (Fsp3) is 0.615. The van der Waals surface area contributed by atoms with Crippen LogP contribution in [0.3, 0.4) is 0 Å². The molecule has 0 aliphatic carbocycles. The highest BCUT2D eigenvalue weighted by Gasteiger charge is 2.08. The van der Waals surface area contributed by atoms with Crippen molar-refractivity contribution in [3.63, 3.8) is 0 Å². The maximum atomic E-state index is 5.21. The van der Waals surface area contributed by atoms with E-state index in [1.54, 1.807) is 7.11 Å². The molecule has 1 N–H and O–H groups in total. The Morgan fingerprint density at radius 1 is 1.44 bits per heavy atom. The lowest BCUT2D eigenvalue weighted by atomic mass is 10.1. The molecule has 90 valence electrons. The van der Waals surface area contributed by atoms with Crippen molar-refractivity contribution < 1.29 is 4.74 Å². The Kier molecular flexibility index (Phi) is 5.86. The SMILES string of the molecule is CCCCC(COC)Nc1cccc(C)n1. The lowest BCUT2D eigenvalue weighted by molar-refractivity contribution is 0.182. The Balaban J connectivity index is 2.52. The molecule has 3 nitrogen and oxygen atoms in total. The Labute approximate surface area is 98.2 Å². The highest BCUT2D eigenvalue weighted by molar-refractivity contribution is 5.36. The molecule has 0 aliphatic heterocycles. The van der Waals surface area contributed by atoms with Gasteiger partial charge in [0.15, 0.2) is 0 Å². The van der Waals surface area contributed by atoms with Gasteiger partial charge in [-0.2, -0.15) is 0 Å². The molecule has 0 spiro atoms. The number of methoxy groups -OCH3 is 1. The number of nitrogens with one attached hydrogen (secondary N) is 1. The van der Waals surface area contributed by atoms with Gasteiger partial charge >= 0.3 is 0 Å². The zero-order valence-electron chi connectivity index (χ0n) is 10.5. The molecule has 1 rings (SSSR count). The second-order valence-electron chi connectivity index (χ2n) is 4.10. The van der Waals surface area contributed by atoms with E-state index in [1.165, 1.54) is 12.8 Å². The first kappa shape index (κ1) is 13.0. The summed E-state index contributed by atoms with van der Waals surface area (Å²) in [6.07, 6.45) is 3.55. The van der Waals surface area contributed by atoms with Crippen molar-refractivity contribution in [2.24, 2.45) is 0 Å². The van der Waals surface area contributed by atoms with Crippen LogP contribution in [0.2, 0.25) is 0 Å². The molecule has 1 atom stereocenters. The third kappa shape index (κ3) is 4.62. The quantitative estimate of drug-likeness (QED) is 0.770. The molecule has 1 unspecified atom stereocenters. The van der Waals surface area contributed by atoms with Crippen LogP contribution in [0.5, 0.6) is 0 Å². The van der Waals surface area contributed by atoms with Crippen molar-refractivity contribution in [2.75, 3.05) is 19.0 Å². The second-order valence-corrected chi connectivity index (χ2v) is 4.10. The van der Waals surface area contributed by atoms with Crippen LogP contribution in [0.25, 0.3) is 0 Å². The van der Waals surface area contributed by atoms with Crippen LogP contribution in [-0.4, -0.2) is 24.7 Å². The highest BCUT2D eigenvalue weighted by Crippen LogP contribution is 2.10. The number of hydrogen-bond acceptors (Lipinski definition) is 3. The molecule has 0 saturated heterocycles. The molecule has 1 aromatic rings. The summed E-state index contributed by atoms with van der Waals surface area (Å²) in [5, 5.41) is 3.42. The molecular formula is C13H22N2O. The Morgan fingerprint density at radius 3 is 2.88 bits per heavy atom. The lowest BCUT2D eigenvalue weighted by Gasteiger charge is -2.18. The van der Waals surface area contributed by atoms with E-state index in [4.69, 9.17) is 4.74 Å². The van der Waals surface area contributed by atoms with Gasteiger partial charge in [-0.1, -0.05) is 25.8 Å². The Bertz CT molecular complexity index is 302. The predicted molar refractivity (Wildman–Crippen MR) is 67.8 cm³/mol. The lowest BCUT2D eigenvalue weighted by Crippen LogP contribution is -2.25. The number of nitrogens with zero attached hydrogens (tertiary/aromatic N) is 1. The summed E-state index contributed by atoms with van der Waals surface area (Å²) in [7, 11) is 1.74. The zero-order valence-corrected chi connectivity index (χ0v) is 10.5. The van der Waals surface area contributed by atoms with E-state index in [1.807, 2.05) is 25.1 Å². The van der Waals surface area contributed by atoms with Crippen LogP contribution >= 0.6 is 0 Å². The van der Waals surface area contributed by atoms with Gasteiger partial charge in [0, 0.05) is 12.8 Å². The molecule has 0 radical (unpaired) electrons. The van der Waals surface area contributed by atoms with Crippen molar-refractivity contribution in [3.05, 3.63) is 23.9 Å². The topological polar surface area (TPSA) is 34.1 Å². The summed E-state index contributed by atoms with van der Waals surface area (Å²) in [6.45, 7) is 4.94. The van der Waals surface area contributed by atoms with Gasteiger partial charge < -0.3 is 10.1 Å². The molecule has 1 aromatic heterocycles. The number of hydrogen-bond donors (Lipinski definition) is 1. The largest absolute Gasteiger partial charge is 0.383 e. The van der Waals surface area contributed by atoms with Gasteiger partial charge in [0.05, 0.1) is 12.6 Å². The van der Waals surface area contributed by atoms with Crippen LogP contribution in [0.1, 0.15) is 31.9 Å². The minimum absolute atomic E-state index is 0.360. The molecule has 3 heteroatoms. The van der Waals surface area contributed by atoms with Gasteiger partial charge in [-0.15, -0.1) is 0 Å². The van der Waals surface area contributed by atoms with Gasteiger partial charge in [0.25, 0.3) is 0 Å². The van der Waals surface area contributed by atoms with Crippen molar-refractivity contribution in [3.8, 4) is 0 Å². The maximum Gasteiger partial charge on any atom is 0.126 e. The first-order valence-corrected chi connectivity index (χ1v) is 5.95. The number of ether oxygens (including phenoxy) is 1. The van der Waals surface area contributed by atoms with Crippen LogP contribution in [0.15, 0.2) is 18.2 Å². The van der Waals surface area contributed by atoms with Gasteiger partial charge in [0.2, 0.25) is 0 Å². The smallest absolute Gasteiger partial charge is 0.126 e. The van der Waals surface area contributed by atoms with Gasteiger partial charge in [-0.05, 0) is 25.5 Å². The minimum Gasteiger partial charge on any atom is -0.383 e. The number of aryl methyl sites for hydroxylation is 1. The molecular weight excluding hydrogens is 200 g/mol. The van der Waals surface area contributed by atoms with Crippen molar-refractivity contribution >= 4 is 5.82 Å². The van der Waals surface area contributed by atoms with E-state index in [-0.39, 0.29) is 0 Å². The zero-order chi connectivity index (χ0) is 11.8. The first-order valence-electron chi connectivity index (χ1n) is 5.95. The van der Waals surface area contributed by atoms with Crippen molar-refractivity contribution in [2.45, 2.75) is 39.2 Å². The summed E-state index contributed by atoms with van der Waals surface area (Å²) in [5.74, 6) is 0.943. The summed E-state index contributed by atoms with van der Waals surface area (Å²) in [6, 6.07) is 6.39. The molecule has 16 heavy (non-hydrogen) atoms. The van der Waals surface area contributed by atoms with Crippen LogP contribution in [-0.2, 0) is 4.74 Å². The summed E-state index contributed by atoms with van der Waals surface area (Å²) >= 11 is 0. The van der Waals surface area contributed by atoms with Gasteiger partial charge in [0.1, 0.15) is 5.82 Å². The predicted octanol–water partition coefficient (Wildman–Crippen LogP) is 3.01. The van der Waals surface area contributed by atoms with Gasteiger partial charge in [-0.25, -0.2) is 4.98 Å². The first-order chi connectivity index (χ1) is 7.76. The van der Waals surface area contributed by atoms with E-state index in [0.717, 1.165) is 24.5 Å². The molecule has 0 amide bonds. The molecule has 1 heterocycles. The van der Waals surface area contributed by atoms with E-state index in [9.17, 15) is 0 Å². The molecule has 0 fully saturated rings. The normalized spacial score (nSPS) is 12.4. The number of pyridine rings is 1. The molecule has 0 aromatic carbocycles. The fourth-order valence-electron chi connectivity index (χ4n) is 1.68. The summed E-state index contributed by atoms with van der Waals surface area (Å²) < 4.78 is 5.21. The van der Waals surface area contributed by atoms with E-state index in [0.29, 0.717) is 6.04 Å². The average molecular weight is 222 g/mol. The van der Waals surface area contributed by atoms with Crippen molar-refractivity contribution in [1.29, 1.82) is 0 Å². The van der Waals surface area contributed by atoms with E-state index >= 15 is 0 Å². The number of aromatic nitrogens is 1. The fourth-order valence-corrected chi connectivity index (χ4v) is 1.68. The second kappa shape index (κ2) is 7.23. The van der Waals surface area contributed by atoms with Crippen LogP contribution < -0.4 is 5.32 Å². The maximum absolute atomic E-state index is 5.21. The third-order valence-electron chi connectivity index (χ3n) is 2.51. The Morgan fingerprint density at radius 2 is 2.25 bits per heavy atom. The number of unbranched alkanes of at least 4 members (excludes halogenated alkanes) is 1. The van der Waals surface area contributed by atoms with E-state index < -0.39 is 0 Å². The summed E-state index contributed by atoms with van der Waals surface area (Å²) in [5.41, 5.74) is 1.04. The van der Waals surface area contributed by atoms with Crippen molar-refractivity contribution in [1.82, 2.24) is 4.98 Å². The Hall–Kier alpha value is -1.09. The standard InChI is InChI=1S/C13H22N2O/c1-4-5-8-12(10-16-3)15-13-9-6-7-11(2)14-13/h6-7,9,12H,4-5,8,10H2,1-3H3,(H,14,15). The highest BCUT2D eigenvalue weighted by atomic mass is 16.5. The number of rotatable bonds is 7. The van der Waals surface area contributed by atoms with Crippen LogP contribution in [0.4, 0.5) is 5.82 Å². The van der Waals surface area contributed by atoms with Crippen LogP contribution in [0, 0.1) is 6.92 Å². The monoisotopic (exact) mass is 222 g/mol. The summed E-state index contributed by atoms with van der Waals surface area (Å²) in [4.78, 5) is 4.44.